The monoisotopic (exact) mass is 245 g/mol. The van der Waals surface area contributed by atoms with Crippen molar-refractivity contribution in [2.75, 3.05) is 31.1 Å². The van der Waals surface area contributed by atoms with Crippen molar-refractivity contribution in [1.82, 2.24) is 14.9 Å². The van der Waals surface area contributed by atoms with E-state index in [0.717, 1.165) is 37.8 Å². The van der Waals surface area contributed by atoms with Crippen molar-refractivity contribution in [3.05, 3.63) is 18.0 Å². The van der Waals surface area contributed by atoms with Crippen molar-refractivity contribution >= 4 is 5.95 Å². The zero-order chi connectivity index (χ0) is 13.2. The predicted molar refractivity (Wildman–Crippen MR) is 70.2 cm³/mol. The van der Waals surface area contributed by atoms with Gasteiger partial charge in [0, 0.05) is 38.1 Å². The number of hydrogen-bond donors (Lipinski definition) is 0. The molecule has 18 heavy (non-hydrogen) atoms. The molecule has 0 radical (unpaired) electrons. The molecule has 2 heterocycles. The Morgan fingerprint density at radius 1 is 1.28 bits per heavy atom. The predicted octanol–water partition coefficient (Wildman–Crippen LogP) is 1.21. The summed E-state index contributed by atoms with van der Waals surface area (Å²) in [6.45, 7) is 9.39. The molecular weight excluding hydrogens is 226 g/mol. The largest absolute Gasteiger partial charge is 0.338 e. The standard InChI is InChI=1S/C13H19N5/c1-11-4-5-15-12(16-11)17-6-8-18(9-7-17)13(2,3)10-14/h4-5H,6-9H2,1-3H3. The molecule has 0 bridgehead atoms. The maximum Gasteiger partial charge on any atom is 0.225 e. The molecule has 1 aromatic rings. The zero-order valence-electron chi connectivity index (χ0n) is 11.2. The van der Waals surface area contributed by atoms with Crippen LogP contribution in [0.1, 0.15) is 19.5 Å². The van der Waals surface area contributed by atoms with Crippen LogP contribution in [0.5, 0.6) is 0 Å². The second kappa shape index (κ2) is 4.91. The second-order valence-electron chi connectivity index (χ2n) is 5.14. The van der Waals surface area contributed by atoms with Gasteiger partial charge >= 0.3 is 0 Å². The molecular formula is C13H19N5. The van der Waals surface area contributed by atoms with Crippen molar-refractivity contribution in [2.45, 2.75) is 26.3 Å². The van der Waals surface area contributed by atoms with Crippen molar-refractivity contribution in [3.8, 4) is 6.07 Å². The Morgan fingerprint density at radius 3 is 2.50 bits per heavy atom. The highest BCUT2D eigenvalue weighted by atomic mass is 15.3. The van der Waals surface area contributed by atoms with Crippen molar-refractivity contribution in [3.63, 3.8) is 0 Å². The minimum atomic E-state index is -0.389. The van der Waals surface area contributed by atoms with Gasteiger partial charge < -0.3 is 4.90 Å². The lowest BCUT2D eigenvalue weighted by molar-refractivity contribution is 0.157. The fourth-order valence-electron chi connectivity index (χ4n) is 2.12. The molecule has 0 aromatic carbocycles. The Morgan fingerprint density at radius 2 is 1.94 bits per heavy atom. The van der Waals surface area contributed by atoms with E-state index < -0.39 is 0 Å². The van der Waals surface area contributed by atoms with Crippen LogP contribution in [0.2, 0.25) is 0 Å². The third-order valence-electron chi connectivity index (χ3n) is 3.41. The highest BCUT2D eigenvalue weighted by Crippen LogP contribution is 2.18. The Balaban J connectivity index is 2.01. The first-order valence-electron chi connectivity index (χ1n) is 6.24. The first-order valence-corrected chi connectivity index (χ1v) is 6.24. The molecule has 1 saturated heterocycles. The smallest absolute Gasteiger partial charge is 0.225 e. The van der Waals surface area contributed by atoms with Gasteiger partial charge in [-0.1, -0.05) is 0 Å². The fraction of sp³-hybridized carbons (Fsp3) is 0.615. The Bertz CT molecular complexity index is 455. The molecule has 1 aliphatic rings. The lowest BCUT2D eigenvalue weighted by Crippen LogP contribution is -2.54. The zero-order valence-corrected chi connectivity index (χ0v) is 11.2. The number of aromatic nitrogens is 2. The minimum absolute atomic E-state index is 0.389. The number of nitrogens with zero attached hydrogens (tertiary/aromatic N) is 5. The van der Waals surface area contributed by atoms with Gasteiger partial charge in [0.05, 0.1) is 6.07 Å². The third kappa shape index (κ3) is 2.59. The van der Waals surface area contributed by atoms with Crippen LogP contribution < -0.4 is 4.90 Å². The van der Waals surface area contributed by atoms with Crippen LogP contribution >= 0.6 is 0 Å². The van der Waals surface area contributed by atoms with Gasteiger partial charge in [-0.3, -0.25) is 4.90 Å². The number of hydrogen-bond acceptors (Lipinski definition) is 5. The van der Waals surface area contributed by atoms with Crippen LogP contribution in [-0.2, 0) is 0 Å². The van der Waals surface area contributed by atoms with Crippen LogP contribution in [0.3, 0.4) is 0 Å². The summed E-state index contributed by atoms with van der Waals surface area (Å²) in [5.74, 6) is 0.796. The molecule has 1 aliphatic heterocycles. The molecule has 1 aromatic heterocycles. The Hall–Kier alpha value is -1.67. The van der Waals surface area contributed by atoms with Crippen LogP contribution in [0.15, 0.2) is 12.3 Å². The molecule has 96 valence electrons. The molecule has 0 N–H and O–H groups in total. The minimum Gasteiger partial charge on any atom is -0.338 e. The molecule has 0 aliphatic carbocycles. The molecule has 0 unspecified atom stereocenters. The van der Waals surface area contributed by atoms with Crippen LogP contribution in [0, 0.1) is 18.3 Å². The van der Waals surface area contributed by atoms with Gasteiger partial charge in [-0.05, 0) is 26.8 Å². The fourth-order valence-corrected chi connectivity index (χ4v) is 2.12. The molecule has 0 amide bonds. The molecule has 1 fully saturated rings. The maximum absolute atomic E-state index is 9.14. The summed E-state index contributed by atoms with van der Waals surface area (Å²) in [7, 11) is 0. The normalized spacial score (nSPS) is 17.6. The molecule has 5 nitrogen and oxygen atoms in total. The molecule has 2 rings (SSSR count). The summed E-state index contributed by atoms with van der Waals surface area (Å²) in [5, 5.41) is 9.14. The third-order valence-corrected chi connectivity index (χ3v) is 3.41. The second-order valence-corrected chi connectivity index (χ2v) is 5.14. The topological polar surface area (TPSA) is 56.1 Å². The average Bonchev–Trinajstić information content (AvgIpc) is 2.39. The molecule has 0 spiro atoms. The van der Waals surface area contributed by atoms with Crippen molar-refractivity contribution in [1.29, 1.82) is 5.26 Å². The number of nitriles is 1. The summed E-state index contributed by atoms with van der Waals surface area (Å²) in [5.41, 5.74) is 0.597. The van der Waals surface area contributed by atoms with E-state index in [4.69, 9.17) is 5.26 Å². The van der Waals surface area contributed by atoms with Gasteiger partial charge in [-0.2, -0.15) is 5.26 Å². The van der Waals surface area contributed by atoms with Crippen LogP contribution in [0.25, 0.3) is 0 Å². The number of anilines is 1. The van der Waals surface area contributed by atoms with Gasteiger partial charge in [0.1, 0.15) is 5.54 Å². The summed E-state index contributed by atoms with van der Waals surface area (Å²) in [4.78, 5) is 13.1. The van der Waals surface area contributed by atoms with Crippen LogP contribution in [-0.4, -0.2) is 46.6 Å². The van der Waals surface area contributed by atoms with E-state index in [1.54, 1.807) is 6.20 Å². The number of rotatable bonds is 2. The summed E-state index contributed by atoms with van der Waals surface area (Å²) in [6.07, 6.45) is 1.79. The highest BCUT2D eigenvalue weighted by Gasteiger charge is 2.30. The molecule has 0 saturated carbocycles. The van der Waals surface area contributed by atoms with Crippen molar-refractivity contribution < 1.29 is 0 Å². The molecule has 0 atom stereocenters. The lowest BCUT2D eigenvalue weighted by atomic mass is 10.0. The summed E-state index contributed by atoms with van der Waals surface area (Å²) >= 11 is 0. The number of piperazine rings is 1. The van der Waals surface area contributed by atoms with E-state index in [1.807, 2.05) is 26.8 Å². The first kappa shape index (κ1) is 12.8. The Labute approximate surface area is 108 Å². The average molecular weight is 245 g/mol. The number of aryl methyl sites for hydroxylation is 1. The van der Waals surface area contributed by atoms with Gasteiger partial charge in [-0.15, -0.1) is 0 Å². The van der Waals surface area contributed by atoms with E-state index in [2.05, 4.69) is 25.8 Å². The van der Waals surface area contributed by atoms with E-state index >= 15 is 0 Å². The van der Waals surface area contributed by atoms with Gasteiger partial charge in [0.25, 0.3) is 0 Å². The van der Waals surface area contributed by atoms with Crippen molar-refractivity contribution in [2.24, 2.45) is 0 Å². The van der Waals surface area contributed by atoms with Gasteiger partial charge in [0.2, 0.25) is 5.95 Å². The van der Waals surface area contributed by atoms with E-state index in [9.17, 15) is 0 Å². The summed E-state index contributed by atoms with van der Waals surface area (Å²) < 4.78 is 0. The SMILES string of the molecule is Cc1ccnc(N2CCN(C(C)(C)C#N)CC2)n1. The van der Waals surface area contributed by atoms with E-state index in [1.165, 1.54) is 0 Å². The molecule has 5 heteroatoms. The van der Waals surface area contributed by atoms with E-state index in [-0.39, 0.29) is 5.54 Å². The van der Waals surface area contributed by atoms with Gasteiger partial charge in [-0.25, -0.2) is 9.97 Å². The highest BCUT2D eigenvalue weighted by molar-refractivity contribution is 5.31. The lowest BCUT2D eigenvalue weighted by Gasteiger charge is -2.40. The Kier molecular flexibility index (Phi) is 3.48. The van der Waals surface area contributed by atoms with Gasteiger partial charge in [0.15, 0.2) is 0 Å². The van der Waals surface area contributed by atoms with E-state index in [0.29, 0.717) is 0 Å². The first-order chi connectivity index (χ1) is 8.53. The van der Waals surface area contributed by atoms with Crippen LogP contribution in [0.4, 0.5) is 5.95 Å². The maximum atomic E-state index is 9.14. The summed E-state index contributed by atoms with van der Waals surface area (Å²) in [6, 6.07) is 4.25. The quantitative estimate of drug-likeness (QED) is 0.784.